The van der Waals surface area contributed by atoms with E-state index in [-0.39, 0.29) is 11.7 Å². The van der Waals surface area contributed by atoms with Crippen molar-refractivity contribution in [1.82, 2.24) is 0 Å². The Bertz CT molecular complexity index is 546. The molecule has 0 aliphatic rings. The number of hydrogen-bond acceptors (Lipinski definition) is 4. The van der Waals surface area contributed by atoms with E-state index in [0.717, 1.165) is 16.7 Å². The third-order valence-electron chi connectivity index (χ3n) is 3.16. The maximum absolute atomic E-state index is 12.3. The third kappa shape index (κ3) is 5.25. The molecule has 0 radical (unpaired) electrons. The summed E-state index contributed by atoms with van der Waals surface area (Å²) < 4.78 is 28.5. The van der Waals surface area contributed by atoms with Crippen LogP contribution >= 0.6 is 7.80 Å². The number of aryl methyl sites for hydroxylation is 3. The summed E-state index contributed by atoms with van der Waals surface area (Å²) in [5.74, 6) is 0. The lowest BCUT2D eigenvalue weighted by molar-refractivity contribution is 0.107. The van der Waals surface area contributed by atoms with E-state index in [0.29, 0.717) is 24.6 Å². The summed E-state index contributed by atoms with van der Waals surface area (Å²) >= 11 is 0. The molecule has 4 nitrogen and oxygen atoms in total. The topological polar surface area (TPSA) is 60.4 Å². The number of benzene rings is 1. The molecule has 0 spiro atoms. The van der Waals surface area contributed by atoms with Crippen molar-refractivity contribution >= 4 is 22.3 Å². The number of rotatable bonds is 8. The molecule has 1 atom stereocenters. The predicted molar refractivity (Wildman–Crippen MR) is 84.9 cm³/mol. The molecule has 1 unspecified atom stereocenters. The van der Waals surface area contributed by atoms with Gasteiger partial charge in [0.15, 0.2) is 6.16 Å². The van der Waals surface area contributed by atoms with Gasteiger partial charge in [0, 0.05) is 6.04 Å². The molecule has 0 amide bonds. The van der Waals surface area contributed by atoms with E-state index >= 15 is 0 Å². The molecule has 0 saturated carbocycles. The SMILES string of the molecule is CCO[Si](=O)CCC[P+](=O)C(=O)c1c(C)cc(C)cc1C. The summed E-state index contributed by atoms with van der Waals surface area (Å²) in [6.07, 6.45) is 0.757. The molecule has 1 aromatic carbocycles. The lowest BCUT2D eigenvalue weighted by atomic mass is 10.0. The average molecular weight is 325 g/mol. The summed E-state index contributed by atoms with van der Waals surface area (Å²) in [5, 5.41) is 0. The van der Waals surface area contributed by atoms with Crippen LogP contribution in [0.15, 0.2) is 12.1 Å². The van der Waals surface area contributed by atoms with Crippen molar-refractivity contribution in [2.45, 2.75) is 40.2 Å². The minimum absolute atomic E-state index is 0.268. The molecule has 0 aliphatic heterocycles. The van der Waals surface area contributed by atoms with Gasteiger partial charge >= 0.3 is 22.3 Å². The summed E-state index contributed by atoms with van der Waals surface area (Å²) in [5.41, 5.74) is 3.09. The van der Waals surface area contributed by atoms with Crippen LogP contribution in [-0.4, -0.2) is 27.2 Å². The molecule has 0 bridgehead atoms. The van der Waals surface area contributed by atoms with Crippen LogP contribution in [0, 0.1) is 20.8 Å². The smallest absolute Gasteiger partial charge is 0.502 e. The van der Waals surface area contributed by atoms with Crippen LogP contribution in [0.1, 0.15) is 40.4 Å². The Labute approximate surface area is 128 Å². The number of carbonyl (C=O) groups excluding carboxylic acids is 1. The second-order valence-electron chi connectivity index (χ2n) is 5.09. The highest BCUT2D eigenvalue weighted by molar-refractivity contribution is 7.64. The lowest BCUT2D eigenvalue weighted by Crippen LogP contribution is -2.07. The minimum Gasteiger partial charge on any atom is -0.524 e. The number of carbonyl (C=O) groups is 1. The monoisotopic (exact) mass is 325 g/mol. The van der Waals surface area contributed by atoms with Crippen LogP contribution in [-0.2, 0) is 13.5 Å². The van der Waals surface area contributed by atoms with Crippen LogP contribution < -0.4 is 0 Å². The first-order valence-electron chi connectivity index (χ1n) is 7.09. The molecule has 0 heterocycles. The molecule has 1 aromatic rings. The molecular formula is C15H22O4PSi+. The van der Waals surface area contributed by atoms with Crippen molar-refractivity contribution < 1.29 is 18.2 Å². The van der Waals surface area contributed by atoms with Gasteiger partial charge < -0.3 is 8.89 Å². The van der Waals surface area contributed by atoms with E-state index in [2.05, 4.69) is 0 Å². The van der Waals surface area contributed by atoms with Crippen molar-refractivity contribution in [3.8, 4) is 0 Å². The molecule has 0 aromatic heterocycles. The fourth-order valence-electron chi connectivity index (χ4n) is 2.34. The Morgan fingerprint density at radius 2 is 1.81 bits per heavy atom. The van der Waals surface area contributed by atoms with Gasteiger partial charge in [-0.05, 0) is 45.2 Å². The quantitative estimate of drug-likeness (QED) is 0.537. The molecule has 1 rings (SSSR count). The first kappa shape index (κ1) is 17.9. The Hall–Kier alpha value is -1.19. The van der Waals surface area contributed by atoms with Gasteiger partial charge in [0.05, 0.1) is 12.2 Å². The molecule has 0 fully saturated rings. The molecule has 0 aliphatic carbocycles. The first-order valence-corrected chi connectivity index (χ1v) is 10.1. The van der Waals surface area contributed by atoms with E-state index in [1.165, 1.54) is 0 Å². The zero-order chi connectivity index (χ0) is 16.0. The average Bonchev–Trinajstić information content (AvgIpc) is 2.37. The minimum atomic E-state index is -2.04. The maximum atomic E-state index is 12.3. The van der Waals surface area contributed by atoms with Crippen molar-refractivity contribution in [2.75, 3.05) is 12.8 Å². The van der Waals surface area contributed by atoms with Crippen LogP contribution in [0.3, 0.4) is 0 Å². The largest absolute Gasteiger partial charge is 0.524 e. The highest BCUT2D eigenvalue weighted by Crippen LogP contribution is 2.31. The Morgan fingerprint density at radius 1 is 1.24 bits per heavy atom. The first-order chi connectivity index (χ1) is 9.86. The van der Waals surface area contributed by atoms with E-state index in [1.54, 1.807) is 6.92 Å². The molecule has 0 saturated heterocycles. The van der Waals surface area contributed by atoms with Crippen LogP contribution in [0.25, 0.3) is 0 Å². The van der Waals surface area contributed by atoms with Crippen LogP contribution in [0.2, 0.25) is 6.04 Å². The van der Waals surface area contributed by atoms with Crippen LogP contribution in [0.5, 0.6) is 0 Å². The van der Waals surface area contributed by atoms with Gasteiger partial charge in [-0.25, -0.2) is 4.79 Å². The van der Waals surface area contributed by atoms with Gasteiger partial charge in [0.25, 0.3) is 0 Å². The highest BCUT2D eigenvalue weighted by atomic mass is 31.1. The van der Waals surface area contributed by atoms with Gasteiger partial charge in [0.2, 0.25) is 0 Å². The second kappa shape index (κ2) is 8.30. The van der Waals surface area contributed by atoms with Crippen molar-refractivity contribution in [3.63, 3.8) is 0 Å². The zero-order valence-corrected chi connectivity index (χ0v) is 15.0. The van der Waals surface area contributed by atoms with Crippen molar-refractivity contribution in [3.05, 3.63) is 34.4 Å². The van der Waals surface area contributed by atoms with Crippen molar-refractivity contribution in [2.24, 2.45) is 0 Å². The molecule has 6 heteroatoms. The van der Waals surface area contributed by atoms with E-state index in [9.17, 15) is 13.8 Å². The Balaban J connectivity index is 2.67. The summed E-state index contributed by atoms with van der Waals surface area (Å²) in [7, 11) is -4.00. The Morgan fingerprint density at radius 3 is 2.33 bits per heavy atom. The summed E-state index contributed by atoms with van der Waals surface area (Å²) in [6.45, 7) is 7.91. The van der Waals surface area contributed by atoms with Gasteiger partial charge in [-0.1, -0.05) is 22.3 Å². The summed E-state index contributed by atoms with van der Waals surface area (Å²) in [4.78, 5) is 12.3. The molecule has 114 valence electrons. The third-order valence-corrected chi connectivity index (χ3v) is 5.94. The fraction of sp³-hybridized carbons (Fsp3) is 0.533. The van der Waals surface area contributed by atoms with Gasteiger partial charge in [0.1, 0.15) is 0 Å². The molecule has 21 heavy (non-hydrogen) atoms. The summed E-state index contributed by atoms with van der Waals surface area (Å²) in [6, 6.07) is 4.24. The lowest BCUT2D eigenvalue weighted by Gasteiger charge is -2.05. The van der Waals surface area contributed by atoms with Gasteiger partial charge in [-0.3, -0.25) is 0 Å². The van der Waals surface area contributed by atoms with E-state index < -0.39 is 16.7 Å². The highest BCUT2D eigenvalue weighted by Gasteiger charge is 2.32. The predicted octanol–water partition coefficient (Wildman–Crippen LogP) is 3.92. The fourth-order valence-corrected chi connectivity index (χ4v) is 4.82. The normalized spacial score (nSPS) is 11.1. The molecular weight excluding hydrogens is 303 g/mol. The molecule has 0 N–H and O–H groups in total. The maximum Gasteiger partial charge on any atom is 0.502 e. The van der Waals surface area contributed by atoms with E-state index in [4.69, 9.17) is 4.43 Å². The van der Waals surface area contributed by atoms with E-state index in [1.807, 2.05) is 32.9 Å². The Kier molecular flexibility index (Phi) is 7.06. The number of hydrogen-bond donors (Lipinski definition) is 0. The zero-order valence-electron chi connectivity index (χ0n) is 13.1. The second-order valence-corrected chi connectivity index (χ2v) is 8.23. The van der Waals surface area contributed by atoms with Gasteiger partial charge in [-0.15, -0.1) is 0 Å². The van der Waals surface area contributed by atoms with Crippen molar-refractivity contribution in [1.29, 1.82) is 0 Å². The van der Waals surface area contributed by atoms with Crippen LogP contribution in [0.4, 0.5) is 0 Å². The standard InChI is InChI=1S/C15H22O4PSi/c1-5-19-21(18)8-6-7-20(17)15(16)14-12(3)9-11(2)10-13(14)4/h9-10H,5-8H2,1-4H3/q+1. The van der Waals surface area contributed by atoms with Gasteiger partial charge in [-0.2, -0.15) is 0 Å².